The van der Waals surface area contributed by atoms with E-state index in [1.165, 1.54) is 13.0 Å². The average Bonchev–Trinajstić information content (AvgIpc) is 2.16. The summed E-state index contributed by atoms with van der Waals surface area (Å²) < 4.78 is 24.2. The van der Waals surface area contributed by atoms with E-state index in [2.05, 4.69) is 6.58 Å². The number of hydrogen-bond donors (Lipinski definition) is 1. The van der Waals surface area contributed by atoms with E-state index < -0.39 is 15.3 Å². The molecule has 1 N–H and O–H groups in total. The van der Waals surface area contributed by atoms with Crippen molar-refractivity contribution in [1.82, 2.24) is 4.31 Å². The van der Waals surface area contributed by atoms with Crippen LogP contribution in [0, 0.1) is 11.3 Å². The monoisotopic (exact) mass is 218 g/mol. The van der Waals surface area contributed by atoms with Crippen molar-refractivity contribution in [2.75, 3.05) is 19.7 Å². The molecule has 0 aromatic rings. The fourth-order valence-electron chi connectivity index (χ4n) is 0.868. The zero-order chi connectivity index (χ0) is 11.2. The van der Waals surface area contributed by atoms with Crippen LogP contribution in [0.15, 0.2) is 12.7 Å². The van der Waals surface area contributed by atoms with E-state index >= 15 is 0 Å². The van der Waals surface area contributed by atoms with Gasteiger partial charge >= 0.3 is 0 Å². The number of aliphatic hydroxyl groups is 1. The van der Waals surface area contributed by atoms with Crippen molar-refractivity contribution in [2.24, 2.45) is 0 Å². The maximum absolute atomic E-state index is 11.6. The first-order valence-electron chi connectivity index (χ1n) is 4.11. The van der Waals surface area contributed by atoms with Crippen molar-refractivity contribution in [2.45, 2.75) is 12.2 Å². The van der Waals surface area contributed by atoms with Crippen LogP contribution in [0.25, 0.3) is 0 Å². The van der Waals surface area contributed by atoms with E-state index in [0.717, 1.165) is 4.31 Å². The van der Waals surface area contributed by atoms with Gasteiger partial charge in [0, 0.05) is 13.1 Å². The fraction of sp³-hybridized carbons (Fsp3) is 0.625. The molecule has 0 heterocycles. The predicted molar refractivity (Wildman–Crippen MR) is 52.9 cm³/mol. The van der Waals surface area contributed by atoms with Gasteiger partial charge < -0.3 is 5.11 Å². The molecule has 0 fully saturated rings. The van der Waals surface area contributed by atoms with Gasteiger partial charge in [-0.05, 0) is 6.92 Å². The molecule has 5 nitrogen and oxygen atoms in total. The molecule has 80 valence electrons. The first kappa shape index (κ1) is 13.1. The fourth-order valence-corrected chi connectivity index (χ4v) is 2.10. The highest BCUT2D eigenvalue weighted by molar-refractivity contribution is 7.89. The summed E-state index contributed by atoms with van der Waals surface area (Å²) in [5, 5.41) is 16.1. The Kier molecular flexibility index (Phi) is 5.38. The van der Waals surface area contributed by atoms with Crippen molar-refractivity contribution in [3.63, 3.8) is 0 Å². The lowest BCUT2D eigenvalue weighted by molar-refractivity contribution is 0.260. The molecule has 1 atom stereocenters. The van der Waals surface area contributed by atoms with E-state index in [1.54, 1.807) is 6.07 Å². The summed E-state index contributed by atoms with van der Waals surface area (Å²) in [6.07, 6.45) is 1.41. The number of hydrogen-bond acceptors (Lipinski definition) is 4. The zero-order valence-electron chi connectivity index (χ0n) is 8.05. The van der Waals surface area contributed by atoms with Crippen LogP contribution in [0.4, 0.5) is 0 Å². The normalized spacial score (nSPS) is 13.6. The molecule has 0 rings (SSSR count). The second kappa shape index (κ2) is 5.75. The third-order valence-electron chi connectivity index (χ3n) is 1.67. The molecule has 6 heteroatoms. The molecule has 0 spiro atoms. The second-order valence-corrected chi connectivity index (χ2v) is 4.94. The third kappa shape index (κ3) is 3.10. The molecule has 0 amide bonds. The van der Waals surface area contributed by atoms with Crippen LogP contribution in [0.1, 0.15) is 6.92 Å². The number of aliphatic hydroxyl groups excluding tert-OH is 1. The molecule has 0 bridgehead atoms. The van der Waals surface area contributed by atoms with Gasteiger partial charge in [-0.1, -0.05) is 6.08 Å². The minimum absolute atomic E-state index is 0.0135. The van der Waals surface area contributed by atoms with E-state index in [9.17, 15) is 8.42 Å². The smallest absolute Gasteiger partial charge is 0.230 e. The highest BCUT2D eigenvalue weighted by Crippen LogP contribution is 2.07. The third-order valence-corrected chi connectivity index (χ3v) is 3.72. The van der Waals surface area contributed by atoms with Gasteiger partial charge in [-0.3, -0.25) is 0 Å². The first-order chi connectivity index (χ1) is 6.50. The Morgan fingerprint density at radius 1 is 1.71 bits per heavy atom. The van der Waals surface area contributed by atoms with Crippen molar-refractivity contribution in [3.05, 3.63) is 12.7 Å². The molecule has 0 aliphatic heterocycles. The average molecular weight is 218 g/mol. The Bertz CT molecular complexity index is 318. The molecule has 0 saturated heterocycles. The van der Waals surface area contributed by atoms with Crippen LogP contribution in [0.3, 0.4) is 0 Å². The lowest BCUT2D eigenvalue weighted by atomic mass is 10.5. The van der Waals surface area contributed by atoms with Gasteiger partial charge in [-0.2, -0.15) is 9.57 Å². The lowest BCUT2D eigenvalue weighted by Gasteiger charge is -2.20. The standard InChI is InChI=1S/C8H14N2O3S/c1-3-4-10(5-6-11)14(12,13)8(2)7-9/h3,8,11H,1,4-6H2,2H3. The first-order valence-corrected chi connectivity index (χ1v) is 5.61. The second-order valence-electron chi connectivity index (χ2n) is 2.69. The van der Waals surface area contributed by atoms with Crippen LogP contribution in [0.2, 0.25) is 0 Å². The highest BCUT2D eigenvalue weighted by Gasteiger charge is 2.27. The lowest BCUT2D eigenvalue weighted by Crippen LogP contribution is -2.38. The number of nitrogens with zero attached hydrogens (tertiary/aromatic N) is 2. The Hall–Kier alpha value is -0.900. The van der Waals surface area contributed by atoms with Crippen LogP contribution in [-0.4, -0.2) is 42.8 Å². The number of rotatable bonds is 6. The zero-order valence-corrected chi connectivity index (χ0v) is 8.87. The molecular formula is C8H14N2O3S. The number of sulfonamides is 1. The van der Waals surface area contributed by atoms with Gasteiger partial charge in [0.15, 0.2) is 5.25 Å². The molecule has 0 aromatic carbocycles. The molecule has 0 aromatic heterocycles. The molecular weight excluding hydrogens is 204 g/mol. The largest absolute Gasteiger partial charge is 0.395 e. The number of nitriles is 1. The van der Waals surface area contributed by atoms with Crippen molar-refractivity contribution in [1.29, 1.82) is 5.26 Å². The van der Waals surface area contributed by atoms with Crippen LogP contribution in [-0.2, 0) is 10.0 Å². The van der Waals surface area contributed by atoms with Crippen LogP contribution in [0.5, 0.6) is 0 Å². The Morgan fingerprint density at radius 2 is 2.29 bits per heavy atom. The predicted octanol–water partition coefficient (Wildman–Crippen LogP) is -0.291. The molecule has 0 aliphatic rings. The minimum atomic E-state index is -3.63. The van der Waals surface area contributed by atoms with Gasteiger partial charge in [0.05, 0.1) is 12.7 Å². The summed E-state index contributed by atoms with van der Waals surface area (Å²) in [6.45, 7) is 4.54. The van der Waals surface area contributed by atoms with Gasteiger partial charge in [-0.15, -0.1) is 6.58 Å². The van der Waals surface area contributed by atoms with E-state index in [-0.39, 0.29) is 19.7 Å². The van der Waals surface area contributed by atoms with E-state index in [0.29, 0.717) is 0 Å². The quantitative estimate of drug-likeness (QED) is 0.621. The van der Waals surface area contributed by atoms with Crippen molar-refractivity contribution in [3.8, 4) is 6.07 Å². The summed E-state index contributed by atoms with van der Waals surface area (Å²) in [7, 11) is -3.63. The van der Waals surface area contributed by atoms with Crippen LogP contribution < -0.4 is 0 Å². The minimum Gasteiger partial charge on any atom is -0.395 e. The summed E-state index contributed by atoms with van der Waals surface area (Å²) >= 11 is 0. The Morgan fingerprint density at radius 3 is 2.64 bits per heavy atom. The molecule has 0 radical (unpaired) electrons. The maximum atomic E-state index is 11.6. The molecule has 0 aliphatic carbocycles. The van der Waals surface area contributed by atoms with Crippen LogP contribution >= 0.6 is 0 Å². The Balaban J connectivity index is 4.81. The summed E-state index contributed by atoms with van der Waals surface area (Å²) in [5.41, 5.74) is 0. The summed E-state index contributed by atoms with van der Waals surface area (Å²) in [5.74, 6) is 0. The highest BCUT2D eigenvalue weighted by atomic mass is 32.2. The maximum Gasteiger partial charge on any atom is 0.230 e. The van der Waals surface area contributed by atoms with E-state index in [1.807, 2.05) is 0 Å². The SMILES string of the molecule is C=CCN(CCO)S(=O)(=O)C(C)C#N. The summed E-state index contributed by atoms with van der Waals surface area (Å²) in [4.78, 5) is 0. The van der Waals surface area contributed by atoms with Gasteiger partial charge in [0.2, 0.25) is 10.0 Å². The Labute approximate surface area is 84.3 Å². The molecule has 0 saturated carbocycles. The topological polar surface area (TPSA) is 81.4 Å². The van der Waals surface area contributed by atoms with Crippen molar-refractivity contribution < 1.29 is 13.5 Å². The van der Waals surface area contributed by atoms with Gasteiger partial charge in [0.25, 0.3) is 0 Å². The van der Waals surface area contributed by atoms with Gasteiger partial charge in [0.1, 0.15) is 0 Å². The van der Waals surface area contributed by atoms with Gasteiger partial charge in [-0.25, -0.2) is 8.42 Å². The molecule has 14 heavy (non-hydrogen) atoms. The molecule has 1 unspecified atom stereocenters. The summed E-state index contributed by atoms with van der Waals surface area (Å²) in [6, 6.07) is 1.66. The van der Waals surface area contributed by atoms with E-state index in [4.69, 9.17) is 10.4 Å². The van der Waals surface area contributed by atoms with Crippen molar-refractivity contribution >= 4 is 10.0 Å².